The molecule has 0 atom stereocenters. The number of piperidine rings is 1. The van der Waals surface area contributed by atoms with E-state index in [-0.39, 0.29) is 11.6 Å². The van der Waals surface area contributed by atoms with Gasteiger partial charge in [-0.05, 0) is 70.3 Å². The molecule has 1 fully saturated rings. The maximum Gasteiger partial charge on any atom is 0.162 e. The van der Waals surface area contributed by atoms with Crippen molar-refractivity contribution >= 4 is 5.78 Å². The quantitative estimate of drug-likeness (QED) is 0.554. The highest BCUT2D eigenvalue weighted by Gasteiger charge is 2.10. The first-order valence-electron chi connectivity index (χ1n) is 8.00. The van der Waals surface area contributed by atoms with E-state index in [0.717, 1.165) is 25.8 Å². The zero-order chi connectivity index (χ0) is 15.1. The Balaban J connectivity index is 1.63. The molecule has 1 aromatic rings. The van der Waals surface area contributed by atoms with Crippen LogP contribution >= 0.6 is 0 Å². The largest absolute Gasteiger partial charge is 0.303 e. The average molecular weight is 290 g/mol. The van der Waals surface area contributed by atoms with Gasteiger partial charge in [0.1, 0.15) is 5.82 Å². The van der Waals surface area contributed by atoms with Gasteiger partial charge < -0.3 is 4.90 Å². The van der Waals surface area contributed by atoms with Gasteiger partial charge in [-0.3, -0.25) is 4.79 Å². The summed E-state index contributed by atoms with van der Waals surface area (Å²) in [7, 11) is 0. The van der Waals surface area contributed by atoms with Crippen LogP contribution in [0, 0.1) is 19.2 Å². The van der Waals surface area contributed by atoms with Gasteiger partial charge in [0.25, 0.3) is 0 Å². The van der Waals surface area contributed by atoms with Gasteiger partial charge in [0, 0.05) is 12.0 Å². The summed E-state index contributed by atoms with van der Waals surface area (Å²) in [5, 5.41) is 0. The number of hydrogen-bond donors (Lipinski definition) is 0. The highest BCUT2D eigenvalue weighted by molar-refractivity contribution is 5.96. The van der Waals surface area contributed by atoms with Crippen LogP contribution in [-0.4, -0.2) is 30.3 Å². The van der Waals surface area contributed by atoms with Gasteiger partial charge in [0.15, 0.2) is 5.78 Å². The summed E-state index contributed by atoms with van der Waals surface area (Å²) in [5.74, 6) is -0.232. The van der Waals surface area contributed by atoms with Crippen molar-refractivity contribution in [3.05, 3.63) is 41.6 Å². The van der Waals surface area contributed by atoms with Crippen LogP contribution < -0.4 is 0 Å². The molecule has 2 nitrogen and oxygen atoms in total. The summed E-state index contributed by atoms with van der Waals surface area (Å²) in [6.45, 7) is 5.21. The monoisotopic (exact) mass is 290 g/mol. The lowest BCUT2D eigenvalue weighted by molar-refractivity contribution is 0.0978. The van der Waals surface area contributed by atoms with Gasteiger partial charge in [-0.1, -0.05) is 18.6 Å². The SMILES string of the molecule is Cc1ccc(C(=O)CCCCCN2CC[CH]CC2)cc1F. The average Bonchev–Trinajstić information content (AvgIpc) is 2.50. The smallest absolute Gasteiger partial charge is 0.162 e. The number of Topliss-reactive ketones (excluding diaryl/α,β-unsaturated/α-hetero) is 1. The molecule has 0 bridgehead atoms. The summed E-state index contributed by atoms with van der Waals surface area (Å²) in [4.78, 5) is 14.5. The molecule has 1 aromatic carbocycles. The van der Waals surface area contributed by atoms with Crippen LogP contribution in [0.25, 0.3) is 0 Å². The second-order valence-electron chi connectivity index (χ2n) is 5.91. The van der Waals surface area contributed by atoms with E-state index in [9.17, 15) is 9.18 Å². The number of unbranched alkanes of at least 4 members (excludes halogenated alkanes) is 2. The maximum atomic E-state index is 13.4. The minimum atomic E-state index is -0.289. The molecule has 0 N–H and O–H groups in total. The van der Waals surface area contributed by atoms with Crippen molar-refractivity contribution in [2.75, 3.05) is 19.6 Å². The third kappa shape index (κ3) is 5.24. The molecular weight excluding hydrogens is 265 g/mol. The van der Waals surface area contributed by atoms with E-state index < -0.39 is 0 Å². The van der Waals surface area contributed by atoms with E-state index in [0.29, 0.717) is 17.5 Å². The first kappa shape index (κ1) is 16.2. The zero-order valence-corrected chi connectivity index (χ0v) is 12.9. The van der Waals surface area contributed by atoms with Crippen molar-refractivity contribution < 1.29 is 9.18 Å². The number of hydrogen-bond acceptors (Lipinski definition) is 2. The van der Waals surface area contributed by atoms with E-state index in [4.69, 9.17) is 0 Å². The lowest BCUT2D eigenvalue weighted by Gasteiger charge is -2.26. The summed E-state index contributed by atoms with van der Waals surface area (Å²) >= 11 is 0. The molecule has 2 rings (SSSR count). The fourth-order valence-corrected chi connectivity index (χ4v) is 2.74. The number of aryl methyl sites for hydroxylation is 1. The van der Waals surface area contributed by atoms with Crippen LogP contribution in [0.3, 0.4) is 0 Å². The number of halogens is 1. The molecule has 1 aliphatic rings. The van der Waals surface area contributed by atoms with Crippen LogP contribution in [0.4, 0.5) is 4.39 Å². The predicted molar refractivity (Wildman–Crippen MR) is 83.9 cm³/mol. The van der Waals surface area contributed by atoms with Gasteiger partial charge >= 0.3 is 0 Å². The summed E-state index contributed by atoms with van der Waals surface area (Å²) < 4.78 is 13.4. The Labute approximate surface area is 127 Å². The molecule has 3 heteroatoms. The Hall–Kier alpha value is -1.22. The molecule has 0 aromatic heterocycles. The van der Waals surface area contributed by atoms with Crippen molar-refractivity contribution in [3.8, 4) is 0 Å². The molecule has 1 heterocycles. The number of carbonyl (C=O) groups excluding carboxylic acids is 1. The molecule has 0 amide bonds. The Morgan fingerprint density at radius 2 is 1.95 bits per heavy atom. The molecule has 1 radical (unpaired) electrons. The fraction of sp³-hybridized carbons (Fsp3) is 0.556. The fourth-order valence-electron chi connectivity index (χ4n) is 2.74. The molecule has 0 aliphatic carbocycles. The van der Waals surface area contributed by atoms with E-state index in [1.54, 1.807) is 19.1 Å². The lowest BCUT2D eigenvalue weighted by atomic mass is 10.0. The number of rotatable bonds is 7. The van der Waals surface area contributed by atoms with Crippen LogP contribution in [0.1, 0.15) is 54.4 Å². The topological polar surface area (TPSA) is 20.3 Å². The van der Waals surface area contributed by atoms with Crippen molar-refractivity contribution in [1.29, 1.82) is 0 Å². The van der Waals surface area contributed by atoms with E-state index in [1.807, 2.05) is 0 Å². The first-order chi connectivity index (χ1) is 10.2. The van der Waals surface area contributed by atoms with Gasteiger partial charge in [-0.15, -0.1) is 0 Å². The number of benzene rings is 1. The highest BCUT2D eigenvalue weighted by atomic mass is 19.1. The van der Waals surface area contributed by atoms with Crippen LogP contribution in [0.2, 0.25) is 0 Å². The van der Waals surface area contributed by atoms with Gasteiger partial charge in [0.2, 0.25) is 0 Å². The first-order valence-corrected chi connectivity index (χ1v) is 8.00. The van der Waals surface area contributed by atoms with Crippen molar-refractivity contribution in [3.63, 3.8) is 0 Å². The molecule has 115 valence electrons. The van der Waals surface area contributed by atoms with Crippen LogP contribution in [-0.2, 0) is 0 Å². The molecule has 21 heavy (non-hydrogen) atoms. The minimum absolute atomic E-state index is 0.0569. The second kappa shape index (κ2) is 8.28. The summed E-state index contributed by atoms with van der Waals surface area (Å²) in [6.07, 6.45) is 8.41. The maximum absolute atomic E-state index is 13.4. The van der Waals surface area contributed by atoms with E-state index >= 15 is 0 Å². The van der Waals surface area contributed by atoms with Gasteiger partial charge in [0.05, 0.1) is 0 Å². The Kier molecular flexibility index (Phi) is 6.37. The molecular formula is C18H25FNO. The van der Waals surface area contributed by atoms with Gasteiger partial charge in [-0.25, -0.2) is 4.39 Å². The predicted octanol–water partition coefficient (Wildman–Crippen LogP) is 4.18. The Bertz CT molecular complexity index is 466. The summed E-state index contributed by atoms with van der Waals surface area (Å²) in [5.41, 5.74) is 1.09. The number of likely N-dealkylation sites (tertiary alicyclic amines) is 1. The molecule has 0 unspecified atom stereocenters. The second-order valence-corrected chi connectivity index (χ2v) is 5.91. The standard InChI is InChI=1S/C18H25FNO/c1-15-9-10-16(14-17(15)19)18(21)8-4-2-5-11-20-12-6-3-7-13-20/h3,9-10,14H,2,4-8,11-13H2,1H3. The number of nitrogens with zero attached hydrogens (tertiary/aromatic N) is 1. The van der Waals surface area contributed by atoms with Crippen LogP contribution in [0.15, 0.2) is 18.2 Å². The number of ketones is 1. The molecule has 1 aliphatic heterocycles. The third-order valence-electron chi connectivity index (χ3n) is 4.17. The summed E-state index contributed by atoms with van der Waals surface area (Å²) in [6, 6.07) is 4.77. The normalized spacial score (nSPS) is 16.1. The van der Waals surface area contributed by atoms with Gasteiger partial charge in [-0.2, -0.15) is 0 Å². The molecule has 1 saturated heterocycles. The van der Waals surface area contributed by atoms with Crippen molar-refractivity contribution in [2.45, 2.75) is 45.4 Å². The van der Waals surface area contributed by atoms with Crippen molar-refractivity contribution in [1.82, 2.24) is 4.90 Å². The molecule has 0 saturated carbocycles. The lowest BCUT2D eigenvalue weighted by Crippen LogP contribution is -2.30. The third-order valence-corrected chi connectivity index (χ3v) is 4.17. The Morgan fingerprint density at radius 3 is 2.67 bits per heavy atom. The van der Waals surface area contributed by atoms with Crippen LogP contribution in [0.5, 0.6) is 0 Å². The zero-order valence-electron chi connectivity index (χ0n) is 12.9. The highest BCUT2D eigenvalue weighted by Crippen LogP contribution is 2.14. The minimum Gasteiger partial charge on any atom is -0.303 e. The molecule has 0 spiro atoms. The number of carbonyl (C=O) groups is 1. The van der Waals surface area contributed by atoms with Crippen molar-refractivity contribution in [2.24, 2.45) is 0 Å². The Morgan fingerprint density at radius 1 is 1.19 bits per heavy atom. The van der Waals surface area contributed by atoms with E-state index in [2.05, 4.69) is 11.3 Å². The van der Waals surface area contributed by atoms with E-state index in [1.165, 1.54) is 32.0 Å².